The van der Waals surface area contributed by atoms with Crippen molar-refractivity contribution in [2.75, 3.05) is 6.54 Å². The molecule has 3 fully saturated rings. The molecule has 2 aliphatic heterocycles. The molecule has 1 saturated heterocycles. The molecule has 1 aromatic heterocycles. The maximum Gasteiger partial charge on any atom is 0.323 e. The van der Waals surface area contributed by atoms with Crippen LogP contribution in [0.25, 0.3) is 0 Å². The van der Waals surface area contributed by atoms with E-state index in [4.69, 9.17) is 5.11 Å². The van der Waals surface area contributed by atoms with Gasteiger partial charge in [-0.05, 0) is 24.2 Å². The second-order valence-corrected chi connectivity index (χ2v) is 10.4. The van der Waals surface area contributed by atoms with Crippen LogP contribution in [0.15, 0.2) is 9.82 Å². The van der Waals surface area contributed by atoms with Crippen molar-refractivity contribution in [2.24, 2.45) is 29.6 Å². The number of hydrogen-bond acceptors (Lipinski definition) is 6. The molecule has 2 aliphatic carbocycles. The third kappa shape index (κ3) is 1.85. The summed E-state index contributed by atoms with van der Waals surface area (Å²) in [4.78, 5) is 53.4. The van der Waals surface area contributed by atoms with E-state index in [9.17, 15) is 19.2 Å². The summed E-state index contributed by atoms with van der Waals surface area (Å²) in [6.45, 7) is 3.70. The molecule has 2 N–H and O–H groups in total. The molecular formula is C17H18N2O5S2. The van der Waals surface area contributed by atoms with E-state index in [-0.39, 0.29) is 45.1 Å². The maximum absolute atomic E-state index is 12.8. The number of likely N-dealkylation sites (tertiary alicyclic amines) is 1. The second kappa shape index (κ2) is 5.01. The van der Waals surface area contributed by atoms with Crippen molar-refractivity contribution in [3.05, 3.63) is 14.5 Å². The number of amides is 2. The zero-order chi connectivity index (χ0) is 18.5. The van der Waals surface area contributed by atoms with Gasteiger partial charge in [0, 0.05) is 15.5 Å². The highest BCUT2D eigenvalue weighted by Crippen LogP contribution is 2.68. The number of carbonyl (C=O) groups is 3. The lowest BCUT2D eigenvalue weighted by Gasteiger charge is -2.47. The SMILES string of the molecule is CC1(C)c2sc(=O)[nH]c2SC2C1[C@H]1C[C@@H]2C2C(=O)N(CC(=O)O)C(=O)C21. The van der Waals surface area contributed by atoms with Crippen LogP contribution in [0, 0.1) is 29.6 Å². The fourth-order valence-corrected chi connectivity index (χ4v) is 9.16. The van der Waals surface area contributed by atoms with Gasteiger partial charge in [-0.2, -0.15) is 0 Å². The Kier molecular flexibility index (Phi) is 3.19. The third-order valence-electron chi connectivity index (χ3n) is 6.78. The molecule has 26 heavy (non-hydrogen) atoms. The van der Waals surface area contributed by atoms with Crippen LogP contribution in [0.2, 0.25) is 0 Å². The van der Waals surface area contributed by atoms with Crippen LogP contribution < -0.4 is 4.87 Å². The summed E-state index contributed by atoms with van der Waals surface area (Å²) in [6, 6.07) is 0. The normalized spacial score (nSPS) is 39.1. The first-order chi connectivity index (χ1) is 12.2. The average Bonchev–Trinajstić information content (AvgIpc) is 3.25. The maximum atomic E-state index is 12.8. The van der Waals surface area contributed by atoms with Crippen molar-refractivity contribution >= 4 is 40.9 Å². The lowest BCUT2D eigenvalue weighted by Crippen LogP contribution is -2.48. The fourth-order valence-electron chi connectivity index (χ4n) is 6.01. The number of H-pyrrole nitrogens is 1. The molecule has 2 amide bonds. The van der Waals surface area contributed by atoms with E-state index in [0.29, 0.717) is 0 Å². The predicted molar refractivity (Wildman–Crippen MR) is 94.0 cm³/mol. The minimum absolute atomic E-state index is 0.0612. The summed E-state index contributed by atoms with van der Waals surface area (Å²) in [7, 11) is 0. The van der Waals surface area contributed by atoms with Gasteiger partial charge in [0.05, 0.1) is 16.9 Å². The van der Waals surface area contributed by atoms with Gasteiger partial charge in [0.25, 0.3) is 0 Å². The molecule has 7 nitrogen and oxygen atoms in total. The van der Waals surface area contributed by atoms with Gasteiger partial charge in [-0.25, -0.2) is 0 Å². The molecule has 0 radical (unpaired) electrons. The number of rotatable bonds is 2. The Hall–Kier alpha value is -1.61. The van der Waals surface area contributed by atoms with Gasteiger partial charge in [0.15, 0.2) is 0 Å². The third-order valence-corrected chi connectivity index (χ3v) is 9.58. The molecule has 4 unspecified atom stereocenters. The number of aromatic nitrogens is 1. The van der Waals surface area contributed by atoms with E-state index in [1.807, 2.05) is 0 Å². The van der Waals surface area contributed by atoms with Gasteiger partial charge < -0.3 is 10.1 Å². The number of carboxylic acids is 1. The van der Waals surface area contributed by atoms with Crippen molar-refractivity contribution < 1.29 is 19.5 Å². The Balaban J connectivity index is 1.57. The van der Waals surface area contributed by atoms with Gasteiger partial charge in [-0.15, -0.1) is 11.8 Å². The van der Waals surface area contributed by atoms with E-state index in [1.54, 1.807) is 11.8 Å². The number of carbonyl (C=O) groups excluding carboxylic acids is 2. The molecule has 0 aromatic carbocycles. The van der Waals surface area contributed by atoms with Crippen molar-refractivity contribution in [3.63, 3.8) is 0 Å². The molecule has 9 heteroatoms. The van der Waals surface area contributed by atoms with Crippen molar-refractivity contribution in [1.82, 2.24) is 9.88 Å². The summed E-state index contributed by atoms with van der Waals surface area (Å²) < 4.78 is 0. The van der Waals surface area contributed by atoms with Gasteiger partial charge in [-0.3, -0.25) is 24.1 Å². The fraction of sp³-hybridized carbons (Fsp3) is 0.647. The van der Waals surface area contributed by atoms with Crippen molar-refractivity contribution in [1.29, 1.82) is 0 Å². The number of thiazole rings is 1. The van der Waals surface area contributed by atoms with Crippen LogP contribution in [-0.4, -0.2) is 44.6 Å². The lowest BCUT2D eigenvalue weighted by atomic mass is 9.64. The number of aromatic amines is 1. The summed E-state index contributed by atoms with van der Waals surface area (Å²) >= 11 is 2.87. The molecule has 2 bridgehead atoms. The lowest BCUT2D eigenvalue weighted by molar-refractivity contribution is -0.149. The van der Waals surface area contributed by atoms with Crippen molar-refractivity contribution in [2.45, 2.75) is 36.0 Å². The van der Waals surface area contributed by atoms with Crippen LogP contribution in [0.4, 0.5) is 0 Å². The quantitative estimate of drug-likeness (QED) is 0.729. The van der Waals surface area contributed by atoms with E-state index in [2.05, 4.69) is 18.8 Å². The summed E-state index contributed by atoms with van der Waals surface area (Å²) in [5, 5.41) is 10.1. The van der Waals surface area contributed by atoms with Gasteiger partial charge >= 0.3 is 10.8 Å². The number of aliphatic carboxylic acids is 1. The summed E-state index contributed by atoms with van der Waals surface area (Å²) in [5.41, 5.74) is -0.247. The Morgan fingerprint density at radius 3 is 2.54 bits per heavy atom. The highest BCUT2D eigenvalue weighted by Gasteiger charge is 2.70. The van der Waals surface area contributed by atoms with Gasteiger partial charge in [0.2, 0.25) is 11.8 Å². The minimum Gasteiger partial charge on any atom is -0.480 e. The molecule has 6 atom stereocenters. The number of nitrogens with zero attached hydrogens (tertiary/aromatic N) is 1. The van der Waals surface area contributed by atoms with Crippen LogP contribution in [0.3, 0.4) is 0 Å². The van der Waals surface area contributed by atoms with E-state index in [0.717, 1.165) is 21.2 Å². The van der Waals surface area contributed by atoms with Gasteiger partial charge in [-0.1, -0.05) is 25.2 Å². The molecule has 3 heterocycles. The van der Waals surface area contributed by atoms with E-state index in [1.165, 1.54) is 11.3 Å². The molecule has 0 spiro atoms. The molecule has 1 aromatic rings. The largest absolute Gasteiger partial charge is 0.480 e. The predicted octanol–water partition coefficient (Wildman–Crippen LogP) is 1.14. The Labute approximate surface area is 157 Å². The Morgan fingerprint density at radius 1 is 1.23 bits per heavy atom. The first-order valence-corrected chi connectivity index (χ1v) is 10.4. The highest BCUT2D eigenvalue weighted by molar-refractivity contribution is 8.00. The summed E-state index contributed by atoms with van der Waals surface area (Å²) in [5.74, 6) is -2.26. The number of thioether (sulfide) groups is 1. The smallest absolute Gasteiger partial charge is 0.323 e. The number of nitrogens with one attached hydrogen (secondary N) is 1. The molecule has 4 aliphatic rings. The first kappa shape index (κ1) is 16.6. The number of carboxylic acid groups (broad SMARTS) is 1. The van der Waals surface area contributed by atoms with Crippen molar-refractivity contribution in [3.8, 4) is 0 Å². The summed E-state index contributed by atoms with van der Waals surface area (Å²) in [6.07, 6.45) is 0.832. The topological polar surface area (TPSA) is 108 Å². The monoisotopic (exact) mass is 394 g/mol. The minimum atomic E-state index is -1.16. The zero-order valence-corrected chi connectivity index (χ0v) is 15.9. The van der Waals surface area contributed by atoms with Crippen LogP contribution >= 0.6 is 23.1 Å². The first-order valence-electron chi connectivity index (χ1n) is 8.69. The Bertz CT molecular complexity index is 918. The molecule has 138 valence electrons. The molecule has 5 rings (SSSR count). The number of fused-ring (bicyclic) bond motifs is 9. The standard InChI is InChI=1S/C17H18N2O5S2/c1-17(2)10-5-3-6(11(10)25-13-12(17)26-16(24)18-13)9-8(5)14(22)19(15(9)23)4-7(20)21/h5-6,8-11H,3-4H2,1-2H3,(H,18,24)(H,20,21)/t5-,6+,8?,9?,10?,11?/m0/s1. The van der Waals surface area contributed by atoms with Crippen LogP contribution in [0.5, 0.6) is 0 Å². The number of hydrogen-bond donors (Lipinski definition) is 2. The zero-order valence-electron chi connectivity index (χ0n) is 14.2. The van der Waals surface area contributed by atoms with E-state index < -0.39 is 24.3 Å². The molecule has 2 saturated carbocycles. The average molecular weight is 394 g/mol. The highest BCUT2D eigenvalue weighted by atomic mass is 32.2. The Morgan fingerprint density at radius 2 is 1.88 bits per heavy atom. The number of imide groups is 1. The second-order valence-electron chi connectivity index (χ2n) is 8.27. The van der Waals surface area contributed by atoms with Gasteiger partial charge in [0.1, 0.15) is 6.54 Å². The van der Waals surface area contributed by atoms with E-state index >= 15 is 0 Å². The van der Waals surface area contributed by atoms with Crippen LogP contribution in [-0.2, 0) is 19.8 Å². The molecular weight excluding hydrogens is 376 g/mol. The van der Waals surface area contributed by atoms with Crippen LogP contribution in [0.1, 0.15) is 25.1 Å².